The summed E-state index contributed by atoms with van der Waals surface area (Å²) in [5, 5.41) is 4.79. The number of carbonyl (C=O) groups excluding carboxylic acids is 2. The smallest absolute Gasteiger partial charge is 0.317 e. The van der Waals surface area contributed by atoms with Crippen molar-refractivity contribution in [2.75, 3.05) is 32.8 Å². The maximum atomic E-state index is 14.0. The summed E-state index contributed by atoms with van der Waals surface area (Å²) in [7, 11) is 0. The average molecular weight is 448 g/mol. The van der Waals surface area contributed by atoms with Gasteiger partial charge >= 0.3 is 6.03 Å². The molecule has 0 fully saturated rings. The van der Waals surface area contributed by atoms with Crippen LogP contribution in [0.2, 0.25) is 0 Å². The lowest BCUT2D eigenvalue weighted by molar-refractivity contribution is -0.135. The van der Waals surface area contributed by atoms with Crippen molar-refractivity contribution in [1.82, 2.24) is 15.1 Å². The molecule has 1 atom stereocenters. The van der Waals surface area contributed by atoms with Crippen LogP contribution in [0, 0.1) is 11.7 Å². The van der Waals surface area contributed by atoms with E-state index in [1.807, 2.05) is 32.2 Å². The number of ether oxygens (including phenoxy) is 1. The van der Waals surface area contributed by atoms with Crippen molar-refractivity contribution < 1.29 is 18.7 Å². The predicted molar refractivity (Wildman–Crippen MR) is 120 cm³/mol. The van der Waals surface area contributed by atoms with Gasteiger partial charge in [-0.1, -0.05) is 26.0 Å². The Morgan fingerprint density at radius 2 is 2.10 bits per heavy atom. The first-order valence-electron chi connectivity index (χ1n) is 10.7. The second kappa shape index (κ2) is 10.6. The lowest BCUT2D eigenvalue weighted by Gasteiger charge is -2.37. The zero-order chi connectivity index (χ0) is 22.4. The average Bonchev–Trinajstić information content (AvgIpc) is 3.21. The van der Waals surface area contributed by atoms with Crippen molar-refractivity contribution in [2.24, 2.45) is 5.92 Å². The molecule has 3 rings (SSSR count). The van der Waals surface area contributed by atoms with Crippen LogP contribution in [-0.4, -0.2) is 54.5 Å². The van der Waals surface area contributed by atoms with E-state index in [9.17, 15) is 14.0 Å². The molecule has 0 aliphatic carbocycles. The molecular formula is C23H30FN3O3S. The number of hydrogen-bond acceptors (Lipinski definition) is 4. The Morgan fingerprint density at radius 1 is 1.32 bits per heavy atom. The Morgan fingerprint density at radius 3 is 2.81 bits per heavy atom. The molecule has 2 heterocycles. The van der Waals surface area contributed by atoms with Crippen LogP contribution in [0.5, 0.6) is 5.75 Å². The molecule has 0 radical (unpaired) electrons. The van der Waals surface area contributed by atoms with Gasteiger partial charge in [-0.3, -0.25) is 4.79 Å². The highest BCUT2D eigenvalue weighted by Crippen LogP contribution is 2.34. The lowest BCUT2D eigenvalue weighted by Crippen LogP contribution is -2.50. The Kier molecular flexibility index (Phi) is 7.90. The SMILES string of the molecule is CCNC(=O)N(CC(=O)N1CCc2sccc2C1COc1ccccc1F)CC(C)C. The molecule has 2 aromatic rings. The monoisotopic (exact) mass is 447 g/mol. The van der Waals surface area contributed by atoms with Crippen LogP contribution in [-0.2, 0) is 11.2 Å². The van der Waals surface area contributed by atoms with Gasteiger partial charge in [0.15, 0.2) is 11.6 Å². The number of halogens is 1. The van der Waals surface area contributed by atoms with E-state index in [2.05, 4.69) is 5.32 Å². The first-order valence-corrected chi connectivity index (χ1v) is 11.5. The maximum absolute atomic E-state index is 14.0. The number of rotatable bonds is 8. The van der Waals surface area contributed by atoms with Crippen molar-refractivity contribution in [3.05, 3.63) is 52.0 Å². The standard InChI is InChI=1S/C23H30FN3O3S/c1-4-25-23(29)26(13-16(2)3)14-22(28)27-11-9-21-17(10-12-31-21)19(27)15-30-20-8-6-5-7-18(20)24/h5-8,10,12,16,19H,4,9,11,13-15H2,1-3H3,(H,25,29). The number of nitrogens with one attached hydrogen (secondary N) is 1. The molecule has 31 heavy (non-hydrogen) atoms. The summed E-state index contributed by atoms with van der Waals surface area (Å²) in [6.45, 7) is 7.57. The van der Waals surface area contributed by atoms with E-state index in [1.165, 1.54) is 10.9 Å². The minimum absolute atomic E-state index is 0.000316. The Bertz CT molecular complexity index is 902. The molecule has 1 aliphatic heterocycles. The van der Waals surface area contributed by atoms with E-state index < -0.39 is 5.82 Å². The van der Waals surface area contributed by atoms with E-state index in [1.54, 1.807) is 39.3 Å². The molecule has 168 valence electrons. The summed E-state index contributed by atoms with van der Waals surface area (Å²) >= 11 is 1.66. The van der Waals surface area contributed by atoms with E-state index in [0.717, 1.165) is 12.0 Å². The van der Waals surface area contributed by atoms with E-state index in [0.29, 0.717) is 19.6 Å². The molecule has 3 amide bonds. The summed E-state index contributed by atoms with van der Waals surface area (Å²) in [6, 6.07) is 7.71. The van der Waals surface area contributed by atoms with Gasteiger partial charge < -0.3 is 19.9 Å². The summed E-state index contributed by atoms with van der Waals surface area (Å²) in [5.74, 6) is -0.159. The second-order valence-corrected chi connectivity index (χ2v) is 9.00. The summed E-state index contributed by atoms with van der Waals surface area (Å²) < 4.78 is 19.8. The topological polar surface area (TPSA) is 61.9 Å². The number of amides is 3. The van der Waals surface area contributed by atoms with Crippen LogP contribution in [0.1, 0.15) is 37.3 Å². The Hall–Kier alpha value is -2.61. The fourth-order valence-electron chi connectivity index (χ4n) is 3.78. The molecule has 1 aliphatic rings. The second-order valence-electron chi connectivity index (χ2n) is 8.00. The van der Waals surface area contributed by atoms with Gasteiger partial charge in [0, 0.05) is 24.5 Å². The van der Waals surface area contributed by atoms with Crippen LogP contribution in [0.3, 0.4) is 0 Å². The molecule has 0 saturated heterocycles. The molecule has 1 aromatic carbocycles. The minimum atomic E-state index is -0.430. The molecule has 8 heteroatoms. The van der Waals surface area contributed by atoms with Crippen molar-refractivity contribution >= 4 is 23.3 Å². The normalized spacial score (nSPS) is 15.5. The zero-order valence-electron chi connectivity index (χ0n) is 18.3. The van der Waals surface area contributed by atoms with Gasteiger partial charge in [-0.2, -0.15) is 0 Å². The molecule has 6 nitrogen and oxygen atoms in total. The quantitative estimate of drug-likeness (QED) is 0.663. The molecule has 1 N–H and O–H groups in total. The molecule has 0 bridgehead atoms. The van der Waals surface area contributed by atoms with E-state index in [-0.39, 0.29) is 42.8 Å². The highest BCUT2D eigenvalue weighted by atomic mass is 32.1. The number of fused-ring (bicyclic) bond motifs is 1. The van der Waals surface area contributed by atoms with Crippen LogP contribution in [0.15, 0.2) is 35.7 Å². The Balaban J connectivity index is 1.77. The Labute approximate surface area is 187 Å². The first-order chi connectivity index (χ1) is 14.9. The first kappa shape index (κ1) is 23.1. The van der Waals surface area contributed by atoms with Crippen molar-refractivity contribution in [2.45, 2.75) is 33.2 Å². The van der Waals surface area contributed by atoms with Gasteiger partial charge in [0.2, 0.25) is 5.91 Å². The summed E-state index contributed by atoms with van der Waals surface area (Å²) in [4.78, 5) is 30.3. The number of benzene rings is 1. The summed E-state index contributed by atoms with van der Waals surface area (Å²) in [6.07, 6.45) is 0.764. The van der Waals surface area contributed by atoms with E-state index in [4.69, 9.17) is 4.74 Å². The number of carbonyl (C=O) groups is 2. The van der Waals surface area contributed by atoms with Crippen LogP contribution in [0.4, 0.5) is 9.18 Å². The van der Waals surface area contributed by atoms with Crippen molar-refractivity contribution in [1.29, 1.82) is 0 Å². The minimum Gasteiger partial charge on any atom is -0.488 e. The number of hydrogen-bond donors (Lipinski definition) is 1. The van der Waals surface area contributed by atoms with Gasteiger partial charge in [-0.25, -0.2) is 9.18 Å². The van der Waals surface area contributed by atoms with Crippen molar-refractivity contribution in [3.63, 3.8) is 0 Å². The highest BCUT2D eigenvalue weighted by molar-refractivity contribution is 7.10. The highest BCUT2D eigenvalue weighted by Gasteiger charge is 2.33. The predicted octanol–water partition coefficient (Wildman–Crippen LogP) is 4.08. The molecular weight excluding hydrogens is 417 g/mol. The molecule has 1 aromatic heterocycles. The van der Waals surface area contributed by atoms with Crippen LogP contribution in [0.25, 0.3) is 0 Å². The number of nitrogens with zero attached hydrogens (tertiary/aromatic N) is 2. The molecule has 1 unspecified atom stereocenters. The van der Waals surface area contributed by atoms with Crippen LogP contribution < -0.4 is 10.1 Å². The van der Waals surface area contributed by atoms with Gasteiger partial charge in [0.1, 0.15) is 13.2 Å². The number of thiophene rings is 1. The van der Waals surface area contributed by atoms with Crippen LogP contribution >= 0.6 is 11.3 Å². The van der Waals surface area contributed by atoms with Crippen molar-refractivity contribution in [3.8, 4) is 5.75 Å². The van der Waals surface area contributed by atoms with Gasteiger partial charge in [0.05, 0.1) is 6.04 Å². The number of para-hydroxylation sites is 1. The molecule has 0 saturated carbocycles. The van der Waals surface area contributed by atoms with Gasteiger partial charge in [-0.05, 0) is 48.4 Å². The maximum Gasteiger partial charge on any atom is 0.317 e. The van der Waals surface area contributed by atoms with Gasteiger partial charge in [0.25, 0.3) is 0 Å². The summed E-state index contributed by atoms with van der Waals surface area (Å²) in [5.41, 5.74) is 1.04. The third-order valence-electron chi connectivity index (χ3n) is 5.18. The fourth-order valence-corrected chi connectivity index (χ4v) is 4.71. The fraction of sp³-hybridized carbons (Fsp3) is 0.478. The zero-order valence-corrected chi connectivity index (χ0v) is 19.1. The number of urea groups is 1. The third kappa shape index (κ3) is 5.76. The van der Waals surface area contributed by atoms with Gasteiger partial charge in [-0.15, -0.1) is 11.3 Å². The molecule has 0 spiro atoms. The third-order valence-corrected chi connectivity index (χ3v) is 6.17. The largest absolute Gasteiger partial charge is 0.488 e. The lowest BCUT2D eigenvalue weighted by atomic mass is 10.0. The van der Waals surface area contributed by atoms with E-state index >= 15 is 0 Å².